The first kappa shape index (κ1) is 13.8. The molecule has 0 aromatic rings. The molecule has 1 saturated carbocycles. The van der Waals surface area contributed by atoms with E-state index >= 15 is 0 Å². The molecule has 0 spiro atoms. The highest BCUT2D eigenvalue weighted by molar-refractivity contribution is 5.76. The molecule has 0 amide bonds. The maximum atomic E-state index is 11.7. The molecule has 1 N–H and O–H groups in total. The van der Waals surface area contributed by atoms with Gasteiger partial charge in [0, 0.05) is 18.6 Å². The molecule has 1 saturated heterocycles. The largest absolute Gasteiger partial charge is 0.465 e. The molecule has 0 aromatic heterocycles. The van der Waals surface area contributed by atoms with E-state index in [0.29, 0.717) is 31.8 Å². The van der Waals surface area contributed by atoms with E-state index in [1.165, 1.54) is 0 Å². The fourth-order valence-electron chi connectivity index (χ4n) is 2.03. The number of nitrogens with one attached hydrogen (secondary N) is 1. The van der Waals surface area contributed by atoms with Gasteiger partial charge in [-0.25, -0.2) is 0 Å². The minimum atomic E-state index is -0.320. The van der Waals surface area contributed by atoms with E-state index in [-0.39, 0.29) is 12.0 Å². The van der Waals surface area contributed by atoms with Crippen molar-refractivity contribution in [2.45, 2.75) is 38.3 Å². The maximum absolute atomic E-state index is 11.7. The first-order valence-corrected chi connectivity index (χ1v) is 6.87. The minimum absolute atomic E-state index is 0.202. The van der Waals surface area contributed by atoms with Gasteiger partial charge in [-0.15, -0.1) is 0 Å². The smallest absolute Gasteiger partial charge is 0.325 e. The summed E-state index contributed by atoms with van der Waals surface area (Å²) in [5, 5.41) is 3.27. The Kier molecular flexibility index (Phi) is 5.41. The summed E-state index contributed by atoms with van der Waals surface area (Å²) in [7, 11) is 0. The molecule has 0 aromatic carbocycles. The fraction of sp³-hybridized carbons (Fsp3) is 0.923. The lowest BCUT2D eigenvalue weighted by Crippen LogP contribution is -2.43. The third-order valence-electron chi connectivity index (χ3n) is 3.25. The van der Waals surface area contributed by atoms with Crippen LogP contribution < -0.4 is 5.32 Å². The topological polar surface area (TPSA) is 56.8 Å². The molecule has 2 fully saturated rings. The van der Waals surface area contributed by atoms with E-state index < -0.39 is 0 Å². The Morgan fingerprint density at radius 3 is 2.89 bits per heavy atom. The van der Waals surface area contributed by atoms with Crippen LogP contribution in [-0.2, 0) is 19.0 Å². The monoisotopic (exact) mass is 257 g/mol. The molecule has 0 radical (unpaired) electrons. The molecule has 2 rings (SSSR count). The molecule has 18 heavy (non-hydrogen) atoms. The van der Waals surface area contributed by atoms with Crippen LogP contribution in [-0.4, -0.2) is 51.1 Å². The third-order valence-corrected chi connectivity index (χ3v) is 3.25. The van der Waals surface area contributed by atoms with Crippen LogP contribution in [0, 0.1) is 5.92 Å². The Hall–Kier alpha value is -0.650. The van der Waals surface area contributed by atoms with E-state index in [1.807, 2.05) is 6.92 Å². The molecule has 2 unspecified atom stereocenters. The summed E-state index contributed by atoms with van der Waals surface area (Å²) in [5.74, 6) is 0.279. The van der Waals surface area contributed by atoms with Crippen molar-refractivity contribution in [1.82, 2.24) is 5.32 Å². The molecule has 2 aliphatic rings. The van der Waals surface area contributed by atoms with Crippen molar-refractivity contribution < 1.29 is 19.0 Å². The van der Waals surface area contributed by atoms with Gasteiger partial charge in [-0.05, 0) is 26.2 Å². The van der Waals surface area contributed by atoms with E-state index in [4.69, 9.17) is 14.2 Å². The van der Waals surface area contributed by atoms with Gasteiger partial charge in [-0.2, -0.15) is 0 Å². The SMILES string of the molecule is CCOC(=O)C(COCC1CCOC1)NC1CC1. The second-order valence-electron chi connectivity index (χ2n) is 5.01. The highest BCUT2D eigenvalue weighted by Gasteiger charge is 2.29. The van der Waals surface area contributed by atoms with E-state index in [0.717, 1.165) is 32.5 Å². The molecule has 5 nitrogen and oxygen atoms in total. The first-order valence-electron chi connectivity index (χ1n) is 6.87. The van der Waals surface area contributed by atoms with Gasteiger partial charge in [0.05, 0.1) is 26.4 Å². The molecule has 5 heteroatoms. The number of esters is 1. The fourth-order valence-corrected chi connectivity index (χ4v) is 2.03. The first-order chi connectivity index (χ1) is 8.79. The number of rotatable bonds is 8. The van der Waals surface area contributed by atoms with Crippen LogP contribution in [0.1, 0.15) is 26.2 Å². The average molecular weight is 257 g/mol. The lowest BCUT2D eigenvalue weighted by Gasteiger charge is -2.18. The van der Waals surface area contributed by atoms with E-state index in [1.54, 1.807) is 0 Å². The van der Waals surface area contributed by atoms with Gasteiger partial charge < -0.3 is 14.2 Å². The van der Waals surface area contributed by atoms with Crippen LogP contribution >= 0.6 is 0 Å². The predicted octanol–water partition coefficient (Wildman–Crippen LogP) is 0.723. The van der Waals surface area contributed by atoms with Crippen LogP contribution in [0.2, 0.25) is 0 Å². The molecule has 1 aliphatic heterocycles. The summed E-state index contributed by atoms with van der Waals surface area (Å²) in [6, 6.07) is 0.151. The Balaban J connectivity index is 1.67. The molecular formula is C13H23NO4. The van der Waals surface area contributed by atoms with Crippen LogP contribution in [0.25, 0.3) is 0 Å². The molecule has 1 heterocycles. The summed E-state index contributed by atoms with van der Waals surface area (Å²) in [6.45, 7) is 4.91. The van der Waals surface area contributed by atoms with Crippen molar-refractivity contribution in [3.8, 4) is 0 Å². The Morgan fingerprint density at radius 1 is 1.44 bits per heavy atom. The van der Waals surface area contributed by atoms with Gasteiger partial charge in [-0.1, -0.05) is 0 Å². The highest BCUT2D eigenvalue weighted by Crippen LogP contribution is 2.20. The zero-order valence-corrected chi connectivity index (χ0v) is 11.0. The van der Waals surface area contributed by atoms with Crippen LogP contribution in [0.5, 0.6) is 0 Å². The number of carbonyl (C=O) groups excluding carboxylic acids is 1. The minimum Gasteiger partial charge on any atom is -0.465 e. The second kappa shape index (κ2) is 7.07. The summed E-state index contributed by atoms with van der Waals surface area (Å²) in [6.07, 6.45) is 3.35. The van der Waals surface area contributed by atoms with Crippen molar-refractivity contribution in [2.24, 2.45) is 5.92 Å². The van der Waals surface area contributed by atoms with Gasteiger partial charge >= 0.3 is 5.97 Å². The zero-order chi connectivity index (χ0) is 12.8. The molecule has 2 atom stereocenters. The lowest BCUT2D eigenvalue weighted by atomic mass is 10.1. The van der Waals surface area contributed by atoms with Gasteiger partial charge in [0.25, 0.3) is 0 Å². The number of hydrogen-bond acceptors (Lipinski definition) is 5. The predicted molar refractivity (Wildman–Crippen MR) is 66.3 cm³/mol. The summed E-state index contributed by atoms with van der Waals surface area (Å²) in [4.78, 5) is 11.7. The standard InChI is InChI=1S/C13H23NO4/c1-2-18-13(15)12(14-11-3-4-11)9-17-8-10-5-6-16-7-10/h10-12,14H,2-9H2,1H3. The lowest BCUT2D eigenvalue weighted by molar-refractivity contribution is -0.147. The van der Waals surface area contributed by atoms with Crippen molar-refractivity contribution in [3.63, 3.8) is 0 Å². The second-order valence-corrected chi connectivity index (χ2v) is 5.01. The highest BCUT2D eigenvalue weighted by atomic mass is 16.5. The molecule has 104 valence electrons. The van der Waals surface area contributed by atoms with Gasteiger partial charge in [0.2, 0.25) is 0 Å². The molecule has 1 aliphatic carbocycles. The summed E-state index contributed by atoms with van der Waals surface area (Å²) >= 11 is 0. The van der Waals surface area contributed by atoms with Crippen molar-refractivity contribution in [2.75, 3.05) is 33.0 Å². The Morgan fingerprint density at radius 2 is 2.28 bits per heavy atom. The van der Waals surface area contributed by atoms with Crippen LogP contribution in [0.15, 0.2) is 0 Å². The Bertz CT molecular complexity index is 262. The van der Waals surface area contributed by atoms with E-state index in [9.17, 15) is 4.79 Å². The quantitative estimate of drug-likeness (QED) is 0.649. The molecular weight excluding hydrogens is 234 g/mol. The van der Waals surface area contributed by atoms with E-state index in [2.05, 4.69) is 5.32 Å². The van der Waals surface area contributed by atoms with Crippen molar-refractivity contribution in [3.05, 3.63) is 0 Å². The number of carbonyl (C=O) groups is 1. The summed E-state index contributed by atoms with van der Waals surface area (Å²) < 4.78 is 16.0. The maximum Gasteiger partial charge on any atom is 0.325 e. The van der Waals surface area contributed by atoms with Crippen LogP contribution in [0.4, 0.5) is 0 Å². The number of ether oxygens (including phenoxy) is 3. The number of hydrogen-bond donors (Lipinski definition) is 1. The van der Waals surface area contributed by atoms with Crippen LogP contribution in [0.3, 0.4) is 0 Å². The Labute approximate surface area is 108 Å². The average Bonchev–Trinajstić information content (AvgIpc) is 3.02. The summed E-state index contributed by atoms with van der Waals surface area (Å²) in [5.41, 5.74) is 0. The normalized spacial score (nSPS) is 25.1. The van der Waals surface area contributed by atoms with Gasteiger partial charge in [0.1, 0.15) is 6.04 Å². The molecule has 0 bridgehead atoms. The van der Waals surface area contributed by atoms with Crippen molar-refractivity contribution >= 4 is 5.97 Å². The third kappa shape index (κ3) is 4.55. The van der Waals surface area contributed by atoms with Crippen molar-refractivity contribution in [1.29, 1.82) is 0 Å². The van der Waals surface area contributed by atoms with Gasteiger partial charge in [0.15, 0.2) is 0 Å². The zero-order valence-electron chi connectivity index (χ0n) is 11.0. The van der Waals surface area contributed by atoms with Gasteiger partial charge in [-0.3, -0.25) is 10.1 Å².